The Morgan fingerprint density at radius 1 is 0.571 bits per heavy atom. The Kier molecular flexibility index (Phi) is 5.64. The van der Waals surface area contributed by atoms with Gasteiger partial charge in [0, 0.05) is 0 Å². The van der Waals surface area contributed by atoms with Crippen molar-refractivity contribution in [3.05, 3.63) is 60.7 Å². The van der Waals surface area contributed by atoms with E-state index in [1.807, 2.05) is 12.1 Å². The Balaban J connectivity index is 0.000000461. The maximum atomic E-state index is 4.17. The predicted molar refractivity (Wildman–Crippen MR) is 65.2 cm³/mol. The van der Waals surface area contributed by atoms with Gasteiger partial charge in [0.2, 0.25) is 0 Å². The second-order valence-corrected chi connectivity index (χ2v) is 2.73. The van der Waals surface area contributed by atoms with Gasteiger partial charge >= 0.3 is 29.9 Å². The van der Waals surface area contributed by atoms with Gasteiger partial charge in [-0.3, -0.25) is 0 Å². The van der Waals surface area contributed by atoms with Crippen molar-refractivity contribution in [3.8, 4) is 11.1 Å². The molecule has 2 radical (unpaired) electrons. The molecule has 0 aliphatic rings. The summed E-state index contributed by atoms with van der Waals surface area (Å²) in [5, 5.41) is 0. The van der Waals surface area contributed by atoms with Gasteiger partial charge < -0.3 is 0 Å². The van der Waals surface area contributed by atoms with E-state index in [9.17, 15) is 0 Å². The third-order valence-electron chi connectivity index (χ3n) is 1.88. The van der Waals surface area contributed by atoms with Gasteiger partial charge in [-0.15, -0.1) is 0 Å². The monoisotopic (exact) mass is 306 g/mol. The van der Waals surface area contributed by atoms with Crippen LogP contribution in [0.3, 0.4) is 0 Å². The fourth-order valence-corrected chi connectivity index (χ4v) is 1.26. The van der Waals surface area contributed by atoms with Crippen molar-refractivity contribution in [3.63, 3.8) is 0 Å². The molecule has 0 spiro atoms. The van der Waals surface area contributed by atoms with Crippen LogP contribution in [-0.2, 0) is 0 Å². The molecule has 68 valence electrons. The first-order valence-electron chi connectivity index (χ1n) is 4.28. The van der Waals surface area contributed by atoms with E-state index in [1.54, 1.807) is 0 Å². The molecule has 2 rings (SSSR count). The molecular weight excluding hydrogens is 295 g/mol. The summed E-state index contributed by atoms with van der Waals surface area (Å²) in [5.74, 6) is 0. The van der Waals surface area contributed by atoms with E-state index < -0.39 is 0 Å². The van der Waals surface area contributed by atoms with Crippen molar-refractivity contribution in [2.75, 3.05) is 0 Å². The van der Waals surface area contributed by atoms with Gasteiger partial charge in [-0.05, 0) is 11.1 Å². The Labute approximate surface area is 101 Å². The van der Waals surface area contributed by atoms with E-state index >= 15 is 0 Å². The molecule has 0 aliphatic heterocycles. The molecule has 0 aromatic heterocycles. The molecule has 0 atom stereocenters. The van der Waals surface area contributed by atoms with Gasteiger partial charge in [0.05, 0.1) is 0 Å². The average Bonchev–Trinajstić information content (AvgIpc) is 2.34. The molecule has 2 aromatic carbocycles. The molecule has 14 heavy (non-hydrogen) atoms. The number of benzene rings is 2. The fourth-order valence-electron chi connectivity index (χ4n) is 1.26. The van der Waals surface area contributed by atoms with Gasteiger partial charge in [0.1, 0.15) is 0 Å². The zero-order valence-corrected chi connectivity index (χ0v) is 11.4. The summed E-state index contributed by atoms with van der Waals surface area (Å²) >= 11 is 1.13. The van der Waals surface area contributed by atoms with Crippen molar-refractivity contribution in [2.45, 2.75) is 0 Å². The summed E-state index contributed by atoms with van der Waals surface area (Å²) in [7, 11) is 4.17. The zero-order valence-electron chi connectivity index (χ0n) is 7.68. The van der Waals surface area contributed by atoms with Crippen molar-refractivity contribution >= 4 is 29.9 Å². The van der Waals surface area contributed by atoms with Crippen LogP contribution in [0.15, 0.2) is 60.7 Å². The molecule has 0 fully saturated rings. The third-order valence-corrected chi connectivity index (χ3v) is 1.88. The maximum absolute atomic E-state index is 4.17. The fraction of sp³-hybridized carbons (Fsp3) is 0. The van der Waals surface area contributed by atoms with Crippen molar-refractivity contribution in [2.24, 2.45) is 0 Å². The van der Waals surface area contributed by atoms with Crippen molar-refractivity contribution < 1.29 is 0 Å². The van der Waals surface area contributed by atoms with Crippen LogP contribution < -0.4 is 0 Å². The SMILES string of the molecule is [S]=[Sn].c1ccc(-c2ccccc2)cc1. The van der Waals surface area contributed by atoms with E-state index in [-0.39, 0.29) is 0 Å². The minimum Gasteiger partial charge on any atom is -0.0622 e. The minimum absolute atomic E-state index is 1.13. The average molecular weight is 305 g/mol. The van der Waals surface area contributed by atoms with Crippen LogP contribution in [0.2, 0.25) is 0 Å². The van der Waals surface area contributed by atoms with E-state index in [0.29, 0.717) is 0 Å². The van der Waals surface area contributed by atoms with Gasteiger partial charge in [-0.25, -0.2) is 0 Å². The van der Waals surface area contributed by atoms with Crippen LogP contribution in [0, 0.1) is 0 Å². The summed E-state index contributed by atoms with van der Waals surface area (Å²) in [6.07, 6.45) is 0. The standard InChI is InChI=1S/C12H10.S.Sn/c1-3-7-11(8-4-1)12-9-5-2-6-10-12;;/h1-10H;;. The largest absolute Gasteiger partial charge is 0.0622 e. The first kappa shape index (κ1) is 11.5. The summed E-state index contributed by atoms with van der Waals surface area (Å²) in [4.78, 5) is 0. The van der Waals surface area contributed by atoms with Crippen LogP contribution in [0.4, 0.5) is 0 Å². The molecule has 0 aliphatic carbocycles. The van der Waals surface area contributed by atoms with E-state index in [0.717, 1.165) is 20.6 Å². The van der Waals surface area contributed by atoms with E-state index in [1.165, 1.54) is 11.1 Å². The third kappa shape index (κ3) is 3.31. The number of rotatable bonds is 1. The number of hydrogen-bond donors (Lipinski definition) is 0. The molecule has 2 heteroatoms. The Hall–Kier alpha value is -0.541. The van der Waals surface area contributed by atoms with E-state index in [2.05, 4.69) is 57.8 Å². The molecule has 0 amide bonds. The molecule has 0 unspecified atom stereocenters. The van der Waals surface area contributed by atoms with E-state index in [4.69, 9.17) is 0 Å². The Morgan fingerprint density at radius 3 is 1.14 bits per heavy atom. The molecule has 0 nitrogen and oxygen atoms in total. The van der Waals surface area contributed by atoms with Crippen molar-refractivity contribution in [1.82, 2.24) is 0 Å². The zero-order chi connectivity index (χ0) is 10.2. The summed E-state index contributed by atoms with van der Waals surface area (Å²) in [5.41, 5.74) is 2.55. The van der Waals surface area contributed by atoms with Gasteiger partial charge in [0.15, 0.2) is 0 Å². The summed E-state index contributed by atoms with van der Waals surface area (Å²) < 4.78 is 0. The predicted octanol–water partition coefficient (Wildman–Crippen LogP) is 3.62. The summed E-state index contributed by atoms with van der Waals surface area (Å²) in [6.45, 7) is 0. The second kappa shape index (κ2) is 6.85. The topological polar surface area (TPSA) is 0 Å². The molecular formula is C12H10SSn. The molecule has 0 saturated heterocycles. The Morgan fingerprint density at radius 2 is 0.857 bits per heavy atom. The second-order valence-electron chi connectivity index (χ2n) is 2.73. The van der Waals surface area contributed by atoms with Crippen LogP contribution in [0.5, 0.6) is 0 Å². The first-order chi connectivity index (χ1) is 6.97. The van der Waals surface area contributed by atoms with Crippen LogP contribution in [0.1, 0.15) is 0 Å². The summed E-state index contributed by atoms with van der Waals surface area (Å²) in [6, 6.07) is 20.8. The van der Waals surface area contributed by atoms with Gasteiger partial charge in [-0.1, -0.05) is 60.7 Å². The molecule has 2 aromatic rings. The van der Waals surface area contributed by atoms with Gasteiger partial charge in [0.25, 0.3) is 0 Å². The quantitative estimate of drug-likeness (QED) is 0.725. The normalized spacial score (nSPS) is 8.57. The Bertz CT molecular complexity index is 321. The minimum atomic E-state index is 1.13. The molecule has 0 saturated carbocycles. The van der Waals surface area contributed by atoms with Crippen LogP contribution in [0.25, 0.3) is 11.1 Å². The molecule has 0 N–H and O–H groups in total. The van der Waals surface area contributed by atoms with Crippen LogP contribution >= 0.6 is 9.29 Å². The number of hydrogen-bond acceptors (Lipinski definition) is 1. The maximum Gasteiger partial charge on any atom is -0.0184 e. The smallest absolute Gasteiger partial charge is 0.0184 e. The van der Waals surface area contributed by atoms with Crippen molar-refractivity contribution in [1.29, 1.82) is 0 Å². The first-order valence-corrected chi connectivity index (χ1v) is 8.18. The molecule has 0 heterocycles. The molecule has 0 bridgehead atoms. The van der Waals surface area contributed by atoms with Crippen LogP contribution in [-0.4, -0.2) is 20.6 Å². The van der Waals surface area contributed by atoms with Gasteiger partial charge in [-0.2, -0.15) is 0 Å².